The minimum atomic E-state index is -1.07. The van der Waals surface area contributed by atoms with Crippen molar-refractivity contribution in [2.24, 2.45) is 0 Å². The molecule has 1 amide bonds. The fourth-order valence-corrected chi connectivity index (χ4v) is 1.83. The SMILES string of the molecule is CO[C@@H]1CCN(C(=O)OC(C)(C)C)C1C(=O)O. The molecule has 0 radical (unpaired) electrons. The van der Waals surface area contributed by atoms with Crippen molar-refractivity contribution in [3.63, 3.8) is 0 Å². The van der Waals surface area contributed by atoms with Crippen LogP contribution in [0.5, 0.6) is 0 Å². The smallest absolute Gasteiger partial charge is 0.411 e. The van der Waals surface area contributed by atoms with Crippen molar-refractivity contribution in [1.29, 1.82) is 0 Å². The maximum absolute atomic E-state index is 11.8. The third kappa shape index (κ3) is 3.33. The summed E-state index contributed by atoms with van der Waals surface area (Å²) in [5.74, 6) is -1.07. The number of methoxy groups -OCH3 is 1. The Balaban J connectivity index is 2.76. The molecule has 1 heterocycles. The van der Waals surface area contributed by atoms with Crippen molar-refractivity contribution in [3.8, 4) is 0 Å². The van der Waals surface area contributed by atoms with Gasteiger partial charge in [-0.2, -0.15) is 0 Å². The molecule has 0 aliphatic carbocycles. The molecule has 0 saturated carbocycles. The van der Waals surface area contributed by atoms with Gasteiger partial charge in [-0.05, 0) is 27.2 Å². The summed E-state index contributed by atoms with van der Waals surface area (Å²) in [5.41, 5.74) is -0.634. The molecule has 1 aliphatic rings. The van der Waals surface area contributed by atoms with Gasteiger partial charge in [-0.25, -0.2) is 9.59 Å². The van der Waals surface area contributed by atoms with Crippen molar-refractivity contribution in [3.05, 3.63) is 0 Å². The molecule has 0 aromatic rings. The van der Waals surface area contributed by atoms with Crippen LogP contribution in [-0.4, -0.2) is 53.5 Å². The molecule has 17 heavy (non-hydrogen) atoms. The maximum Gasteiger partial charge on any atom is 0.411 e. The van der Waals surface area contributed by atoms with Crippen LogP contribution in [0, 0.1) is 0 Å². The van der Waals surface area contributed by atoms with Crippen LogP contribution in [0.25, 0.3) is 0 Å². The second-order valence-corrected chi connectivity index (χ2v) is 5.02. The Bertz CT molecular complexity index is 309. The second-order valence-electron chi connectivity index (χ2n) is 5.02. The Morgan fingerprint density at radius 1 is 1.35 bits per heavy atom. The molecule has 1 N–H and O–H groups in total. The van der Waals surface area contributed by atoms with E-state index in [4.69, 9.17) is 14.6 Å². The van der Waals surface area contributed by atoms with E-state index < -0.39 is 29.8 Å². The summed E-state index contributed by atoms with van der Waals surface area (Å²) in [4.78, 5) is 24.2. The topological polar surface area (TPSA) is 76.1 Å². The third-order valence-electron chi connectivity index (χ3n) is 2.53. The van der Waals surface area contributed by atoms with Crippen molar-refractivity contribution in [2.75, 3.05) is 13.7 Å². The summed E-state index contributed by atoms with van der Waals surface area (Å²) < 4.78 is 10.2. The van der Waals surface area contributed by atoms with Crippen LogP contribution in [-0.2, 0) is 14.3 Å². The van der Waals surface area contributed by atoms with Gasteiger partial charge in [0, 0.05) is 13.7 Å². The first-order chi connectivity index (χ1) is 7.76. The standard InChI is InChI=1S/C11H19NO5/c1-11(2,3)17-10(15)12-6-5-7(16-4)8(12)9(13)14/h7-8H,5-6H2,1-4H3,(H,13,14)/t7-,8?/m1/s1. The normalized spacial score (nSPS) is 24.8. The number of carbonyl (C=O) groups is 2. The van der Waals surface area contributed by atoms with E-state index in [1.165, 1.54) is 12.0 Å². The fourth-order valence-electron chi connectivity index (χ4n) is 1.83. The molecular formula is C11H19NO5. The number of carboxylic acid groups (broad SMARTS) is 1. The Morgan fingerprint density at radius 3 is 2.35 bits per heavy atom. The molecular weight excluding hydrogens is 226 g/mol. The van der Waals surface area contributed by atoms with Gasteiger partial charge in [-0.1, -0.05) is 0 Å². The zero-order valence-corrected chi connectivity index (χ0v) is 10.6. The number of hydrogen-bond acceptors (Lipinski definition) is 4. The number of aliphatic carboxylic acids is 1. The van der Waals surface area contributed by atoms with Gasteiger partial charge in [-0.15, -0.1) is 0 Å². The highest BCUT2D eigenvalue weighted by molar-refractivity contribution is 5.81. The minimum absolute atomic E-state index is 0.338. The molecule has 98 valence electrons. The van der Waals surface area contributed by atoms with Gasteiger partial charge in [0.1, 0.15) is 5.60 Å². The molecule has 6 nitrogen and oxygen atoms in total. The molecule has 1 rings (SSSR count). The van der Waals surface area contributed by atoms with Crippen LogP contribution >= 0.6 is 0 Å². The number of likely N-dealkylation sites (tertiary alicyclic amines) is 1. The van der Waals surface area contributed by atoms with Gasteiger partial charge in [0.2, 0.25) is 0 Å². The Morgan fingerprint density at radius 2 is 1.94 bits per heavy atom. The lowest BCUT2D eigenvalue weighted by Crippen LogP contribution is -2.47. The predicted octanol–water partition coefficient (Wildman–Crippen LogP) is 1.10. The number of hydrogen-bond donors (Lipinski definition) is 1. The summed E-state index contributed by atoms with van der Waals surface area (Å²) in [5, 5.41) is 9.10. The maximum atomic E-state index is 11.8. The molecule has 0 spiro atoms. The van der Waals surface area contributed by atoms with Crippen LogP contribution < -0.4 is 0 Å². The predicted molar refractivity (Wildman–Crippen MR) is 59.8 cm³/mol. The molecule has 0 aromatic carbocycles. The number of carboxylic acids is 1. The van der Waals surface area contributed by atoms with Crippen molar-refractivity contribution in [2.45, 2.75) is 44.9 Å². The van der Waals surface area contributed by atoms with Crippen molar-refractivity contribution in [1.82, 2.24) is 4.90 Å². The highest BCUT2D eigenvalue weighted by Gasteiger charge is 2.43. The molecule has 1 unspecified atom stereocenters. The first-order valence-electron chi connectivity index (χ1n) is 5.51. The first kappa shape index (κ1) is 13.8. The average molecular weight is 245 g/mol. The first-order valence-corrected chi connectivity index (χ1v) is 5.51. The van der Waals surface area contributed by atoms with Gasteiger partial charge in [0.15, 0.2) is 6.04 Å². The van der Waals surface area contributed by atoms with Gasteiger partial charge < -0.3 is 14.6 Å². The summed E-state index contributed by atoms with van der Waals surface area (Å²) in [7, 11) is 1.44. The van der Waals surface area contributed by atoms with Gasteiger partial charge in [0.05, 0.1) is 6.10 Å². The highest BCUT2D eigenvalue weighted by Crippen LogP contribution is 2.23. The van der Waals surface area contributed by atoms with Crippen LogP contribution in [0.2, 0.25) is 0 Å². The molecule has 1 aliphatic heterocycles. The summed E-state index contributed by atoms with van der Waals surface area (Å²) >= 11 is 0. The highest BCUT2D eigenvalue weighted by atomic mass is 16.6. The van der Waals surface area contributed by atoms with Gasteiger partial charge in [0.25, 0.3) is 0 Å². The van der Waals surface area contributed by atoms with Crippen molar-refractivity contribution < 1.29 is 24.2 Å². The average Bonchev–Trinajstić information content (AvgIpc) is 2.57. The summed E-state index contributed by atoms with van der Waals surface area (Å²) in [6.45, 7) is 5.56. The quantitative estimate of drug-likeness (QED) is 0.788. The lowest BCUT2D eigenvalue weighted by Gasteiger charge is -2.27. The zero-order chi connectivity index (χ0) is 13.2. The van der Waals surface area contributed by atoms with E-state index in [2.05, 4.69) is 0 Å². The lowest BCUT2D eigenvalue weighted by molar-refractivity contribution is -0.145. The van der Waals surface area contributed by atoms with Crippen molar-refractivity contribution >= 4 is 12.1 Å². The van der Waals surface area contributed by atoms with Crippen LogP contribution in [0.3, 0.4) is 0 Å². The molecule has 0 bridgehead atoms. The monoisotopic (exact) mass is 245 g/mol. The van der Waals surface area contributed by atoms with Crippen LogP contribution in [0.15, 0.2) is 0 Å². The lowest BCUT2D eigenvalue weighted by atomic mass is 10.2. The fraction of sp³-hybridized carbons (Fsp3) is 0.818. The second kappa shape index (κ2) is 4.91. The van der Waals surface area contributed by atoms with E-state index in [1.54, 1.807) is 20.8 Å². The summed E-state index contributed by atoms with van der Waals surface area (Å²) in [6, 6.07) is -0.963. The largest absolute Gasteiger partial charge is 0.480 e. The van der Waals surface area contributed by atoms with E-state index in [-0.39, 0.29) is 0 Å². The molecule has 6 heteroatoms. The Hall–Kier alpha value is -1.30. The Labute approximate surface area is 100 Å². The van der Waals surface area contributed by atoms with Crippen LogP contribution in [0.4, 0.5) is 4.79 Å². The number of rotatable bonds is 2. The van der Waals surface area contributed by atoms with Gasteiger partial charge in [-0.3, -0.25) is 4.90 Å². The van der Waals surface area contributed by atoms with Gasteiger partial charge >= 0.3 is 12.1 Å². The van der Waals surface area contributed by atoms with E-state index in [0.29, 0.717) is 13.0 Å². The van der Waals surface area contributed by atoms with E-state index in [0.717, 1.165) is 0 Å². The molecule has 1 saturated heterocycles. The van der Waals surface area contributed by atoms with Crippen LogP contribution in [0.1, 0.15) is 27.2 Å². The molecule has 0 aromatic heterocycles. The third-order valence-corrected chi connectivity index (χ3v) is 2.53. The molecule has 2 atom stereocenters. The number of carbonyl (C=O) groups excluding carboxylic acids is 1. The number of nitrogens with zero attached hydrogens (tertiary/aromatic N) is 1. The number of amides is 1. The van der Waals surface area contributed by atoms with E-state index in [1.807, 2.05) is 0 Å². The molecule has 1 fully saturated rings. The Kier molecular flexibility index (Phi) is 3.98. The zero-order valence-electron chi connectivity index (χ0n) is 10.6. The summed E-state index contributed by atoms with van der Waals surface area (Å²) in [6.07, 6.45) is -0.573. The minimum Gasteiger partial charge on any atom is -0.480 e. The van der Waals surface area contributed by atoms with E-state index >= 15 is 0 Å². The number of ether oxygens (including phenoxy) is 2. The van der Waals surface area contributed by atoms with E-state index in [9.17, 15) is 9.59 Å².